The molecule has 6 nitrogen and oxygen atoms in total. The number of aromatic nitrogens is 4. The van der Waals surface area contributed by atoms with Crippen LogP contribution in [0.5, 0.6) is 0 Å². The second-order valence-electron chi connectivity index (χ2n) is 2.32. The van der Waals surface area contributed by atoms with Crippen LogP contribution in [0.15, 0.2) is 5.16 Å². The number of tetrazole rings is 1. The summed E-state index contributed by atoms with van der Waals surface area (Å²) >= 11 is 2.86. The number of nitrogens with zero attached hydrogens (tertiary/aromatic N) is 4. The van der Waals surface area contributed by atoms with Crippen molar-refractivity contribution in [2.45, 2.75) is 18.5 Å². The lowest BCUT2D eigenvalue weighted by molar-refractivity contribution is 0.558. The van der Waals surface area contributed by atoms with Crippen LogP contribution in [-0.4, -0.2) is 38.5 Å². The third-order valence-electron chi connectivity index (χ3n) is 1.19. The number of rotatable bonds is 6. The number of hydrogen-bond acceptors (Lipinski definition) is 7. The molecule has 0 saturated heterocycles. The zero-order valence-corrected chi connectivity index (χ0v) is 9.15. The molecule has 8 heteroatoms. The van der Waals surface area contributed by atoms with Gasteiger partial charge in [-0.15, -0.1) is 10.2 Å². The van der Waals surface area contributed by atoms with Gasteiger partial charge in [0.25, 0.3) is 0 Å². The standard InChI is InChI=1S/C5H12N6S2/c1-3-4-11(2)13-10-12-5-6-8-9-7-5/h10H,3-4H2,1-2H3,(H,6,7,8,9). The van der Waals surface area contributed by atoms with Crippen LogP contribution in [-0.2, 0) is 0 Å². The van der Waals surface area contributed by atoms with Crippen LogP contribution in [0.4, 0.5) is 0 Å². The summed E-state index contributed by atoms with van der Waals surface area (Å²) in [5.74, 6) is 0. The molecule has 1 aromatic rings. The predicted octanol–water partition coefficient (Wildman–Crippen LogP) is 0.701. The van der Waals surface area contributed by atoms with Crippen LogP contribution in [0.25, 0.3) is 0 Å². The van der Waals surface area contributed by atoms with Crippen molar-refractivity contribution in [1.29, 1.82) is 0 Å². The van der Waals surface area contributed by atoms with Gasteiger partial charge in [0.2, 0.25) is 5.16 Å². The summed E-state index contributed by atoms with van der Waals surface area (Å²) in [6.07, 6.45) is 1.14. The van der Waals surface area contributed by atoms with Crippen molar-refractivity contribution in [3.63, 3.8) is 0 Å². The van der Waals surface area contributed by atoms with Crippen molar-refractivity contribution >= 4 is 24.1 Å². The summed E-state index contributed by atoms with van der Waals surface area (Å²) in [5, 5.41) is 14.0. The van der Waals surface area contributed by atoms with Crippen LogP contribution in [0.1, 0.15) is 13.3 Å². The lowest BCUT2D eigenvalue weighted by Gasteiger charge is -2.12. The average Bonchev–Trinajstić information content (AvgIpc) is 2.57. The fourth-order valence-electron chi connectivity index (χ4n) is 0.676. The molecule has 0 aliphatic rings. The molecule has 1 rings (SSSR count). The van der Waals surface area contributed by atoms with Gasteiger partial charge in [-0.05, 0) is 18.7 Å². The first-order valence-electron chi connectivity index (χ1n) is 3.86. The molecular formula is C5H12N6S2. The molecule has 0 fully saturated rings. The van der Waals surface area contributed by atoms with Gasteiger partial charge in [-0.3, -0.25) is 0 Å². The highest BCUT2D eigenvalue weighted by molar-refractivity contribution is 8.11. The molecule has 0 aliphatic heterocycles. The Morgan fingerprint density at radius 2 is 2.46 bits per heavy atom. The maximum Gasteiger partial charge on any atom is 0.246 e. The van der Waals surface area contributed by atoms with E-state index in [4.69, 9.17) is 0 Å². The average molecular weight is 220 g/mol. The number of hydrogen-bond donors (Lipinski definition) is 2. The fraction of sp³-hybridized carbons (Fsp3) is 0.800. The van der Waals surface area contributed by atoms with Gasteiger partial charge in [-0.1, -0.05) is 6.92 Å². The van der Waals surface area contributed by atoms with Gasteiger partial charge in [0.1, 0.15) is 0 Å². The van der Waals surface area contributed by atoms with E-state index in [1.165, 1.54) is 24.1 Å². The van der Waals surface area contributed by atoms with Crippen molar-refractivity contribution < 1.29 is 0 Å². The van der Waals surface area contributed by atoms with E-state index in [0.717, 1.165) is 13.0 Å². The zero-order valence-electron chi connectivity index (χ0n) is 7.52. The van der Waals surface area contributed by atoms with Gasteiger partial charge < -0.3 is 0 Å². The third kappa shape index (κ3) is 4.46. The molecule has 0 aliphatic carbocycles. The van der Waals surface area contributed by atoms with Gasteiger partial charge in [-0.2, -0.15) is 9.34 Å². The summed E-state index contributed by atoms with van der Waals surface area (Å²) in [6.45, 7) is 3.19. The molecule has 0 unspecified atom stereocenters. The molecule has 0 atom stereocenters. The highest BCUT2D eigenvalue weighted by atomic mass is 32.2. The van der Waals surface area contributed by atoms with E-state index in [-0.39, 0.29) is 0 Å². The maximum absolute atomic E-state index is 3.78. The first-order chi connectivity index (χ1) is 6.33. The number of aromatic amines is 1. The van der Waals surface area contributed by atoms with Crippen LogP contribution in [0.3, 0.4) is 0 Å². The second-order valence-corrected chi connectivity index (χ2v) is 4.36. The minimum Gasteiger partial charge on any atom is -0.240 e. The topological polar surface area (TPSA) is 69.7 Å². The Labute approximate surface area is 85.6 Å². The van der Waals surface area contributed by atoms with E-state index in [2.05, 4.69) is 36.0 Å². The largest absolute Gasteiger partial charge is 0.246 e. The molecule has 0 bridgehead atoms. The van der Waals surface area contributed by atoms with E-state index in [9.17, 15) is 0 Å². The molecule has 1 aromatic heterocycles. The van der Waals surface area contributed by atoms with E-state index in [0.29, 0.717) is 5.16 Å². The van der Waals surface area contributed by atoms with Crippen molar-refractivity contribution in [2.24, 2.45) is 0 Å². The van der Waals surface area contributed by atoms with Gasteiger partial charge >= 0.3 is 0 Å². The molecule has 0 saturated carbocycles. The van der Waals surface area contributed by atoms with Gasteiger partial charge in [-0.25, -0.2) is 4.31 Å². The molecular weight excluding hydrogens is 208 g/mol. The first kappa shape index (κ1) is 10.8. The first-order valence-corrected chi connectivity index (χ1v) is 5.45. The Balaban J connectivity index is 2.07. The molecule has 1 heterocycles. The van der Waals surface area contributed by atoms with Crippen LogP contribution in [0, 0.1) is 0 Å². The summed E-state index contributed by atoms with van der Waals surface area (Å²) < 4.78 is 5.15. The quantitative estimate of drug-likeness (QED) is 0.684. The highest BCUT2D eigenvalue weighted by Crippen LogP contribution is 2.12. The number of nitrogens with one attached hydrogen (secondary N) is 2. The Hall–Kier alpha value is -0.310. The van der Waals surface area contributed by atoms with E-state index in [1.807, 2.05) is 7.05 Å². The van der Waals surface area contributed by atoms with Crippen molar-refractivity contribution in [3.8, 4) is 0 Å². The van der Waals surface area contributed by atoms with Gasteiger partial charge in [0.05, 0.1) is 0 Å². The Morgan fingerprint density at radius 3 is 3.08 bits per heavy atom. The second kappa shape index (κ2) is 6.19. The summed E-state index contributed by atoms with van der Waals surface area (Å²) in [7, 11) is 2.03. The van der Waals surface area contributed by atoms with E-state index >= 15 is 0 Å². The molecule has 74 valence electrons. The third-order valence-corrected chi connectivity index (χ3v) is 2.67. The molecule has 0 radical (unpaired) electrons. The number of H-pyrrole nitrogens is 1. The van der Waals surface area contributed by atoms with E-state index in [1.54, 1.807) is 0 Å². The van der Waals surface area contributed by atoms with Crippen molar-refractivity contribution in [2.75, 3.05) is 13.6 Å². The SMILES string of the molecule is CCCN(C)SNSc1nn[nH]n1. The van der Waals surface area contributed by atoms with Crippen LogP contribution < -0.4 is 4.13 Å². The Kier molecular flexibility index (Phi) is 5.13. The van der Waals surface area contributed by atoms with Crippen LogP contribution in [0.2, 0.25) is 0 Å². The lowest BCUT2D eigenvalue weighted by atomic mass is 10.5. The molecule has 2 N–H and O–H groups in total. The normalized spacial score (nSPS) is 11.0. The zero-order chi connectivity index (χ0) is 9.52. The van der Waals surface area contributed by atoms with Gasteiger partial charge in [0, 0.05) is 30.6 Å². The molecule has 0 amide bonds. The Morgan fingerprint density at radius 1 is 1.62 bits per heavy atom. The fourth-order valence-corrected chi connectivity index (χ4v) is 2.07. The maximum atomic E-state index is 3.78. The smallest absolute Gasteiger partial charge is 0.240 e. The minimum atomic E-state index is 0.595. The lowest BCUT2D eigenvalue weighted by Crippen LogP contribution is -2.13. The minimum absolute atomic E-state index is 0.595. The molecule has 13 heavy (non-hydrogen) atoms. The Bertz CT molecular complexity index is 215. The van der Waals surface area contributed by atoms with Crippen LogP contribution >= 0.6 is 24.1 Å². The van der Waals surface area contributed by atoms with E-state index < -0.39 is 0 Å². The monoisotopic (exact) mass is 220 g/mol. The summed E-state index contributed by atoms with van der Waals surface area (Å²) in [6, 6.07) is 0. The summed E-state index contributed by atoms with van der Waals surface area (Å²) in [5.41, 5.74) is 0. The van der Waals surface area contributed by atoms with Crippen molar-refractivity contribution in [1.82, 2.24) is 29.1 Å². The predicted molar refractivity (Wildman–Crippen MR) is 53.7 cm³/mol. The van der Waals surface area contributed by atoms with Gasteiger partial charge in [0.15, 0.2) is 0 Å². The molecule has 0 spiro atoms. The molecule has 0 aromatic carbocycles. The van der Waals surface area contributed by atoms with Crippen molar-refractivity contribution in [3.05, 3.63) is 0 Å². The summed E-state index contributed by atoms with van der Waals surface area (Å²) in [4.78, 5) is 0. The highest BCUT2D eigenvalue weighted by Gasteiger charge is 2.00.